The van der Waals surface area contributed by atoms with E-state index in [1.807, 2.05) is 12.1 Å². The summed E-state index contributed by atoms with van der Waals surface area (Å²) < 4.78 is 16.1. The van der Waals surface area contributed by atoms with Gasteiger partial charge in [-0.15, -0.1) is 0 Å². The molecule has 0 spiro atoms. The summed E-state index contributed by atoms with van der Waals surface area (Å²) in [6.07, 6.45) is 5.35. The van der Waals surface area contributed by atoms with Crippen LogP contribution in [0.2, 0.25) is 0 Å². The van der Waals surface area contributed by atoms with Crippen LogP contribution in [-0.2, 0) is 4.74 Å². The van der Waals surface area contributed by atoms with E-state index in [2.05, 4.69) is 15.6 Å². The van der Waals surface area contributed by atoms with Crippen LogP contribution in [0.4, 0.5) is 10.5 Å². The van der Waals surface area contributed by atoms with Crippen LogP contribution < -0.4 is 20.1 Å². The van der Waals surface area contributed by atoms with E-state index in [9.17, 15) is 4.79 Å². The fourth-order valence-electron chi connectivity index (χ4n) is 3.37. The monoisotopic (exact) mass is 355 g/mol. The average Bonchev–Trinajstić information content (AvgIpc) is 3.15. The van der Waals surface area contributed by atoms with Crippen LogP contribution in [0.1, 0.15) is 24.4 Å². The lowest BCUT2D eigenvalue weighted by molar-refractivity contribution is 0.0550. The van der Waals surface area contributed by atoms with Crippen molar-refractivity contribution < 1.29 is 19.0 Å². The first kappa shape index (κ1) is 16.7. The fraction of sp³-hybridized carbons (Fsp3) is 0.368. The summed E-state index contributed by atoms with van der Waals surface area (Å²) in [6, 6.07) is 8.85. The number of carbonyl (C=O) groups is 1. The molecule has 7 heteroatoms. The number of hydrogen-bond donors (Lipinski definition) is 2. The quantitative estimate of drug-likeness (QED) is 0.881. The number of ether oxygens (including phenoxy) is 3. The van der Waals surface area contributed by atoms with Crippen LogP contribution in [0, 0.1) is 5.92 Å². The van der Waals surface area contributed by atoms with Gasteiger partial charge in [-0.05, 0) is 42.5 Å². The Morgan fingerprint density at radius 3 is 2.81 bits per heavy atom. The molecule has 2 amide bonds. The minimum atomic E-state index is -0.260. The molecular formula is C19H21N3O4. The molecule has 7 nitrogen and oxygen atoms in total. The number of benzene rings is 1. The van der Waals surface area contributed by atoms with E-state index in [1.54, 1.807) is 30.6 Å². The van der Waals surface area contributed by atoms with Gasteiger partial charge in [-0.1, -0.05) is 6.07 Å². The number of aromatic nitrogens is 1. The van der Waals surface area contributed by atoms with E-state index >= 15 is 0 Å². The van der Waals surface area contributed by atoms with E-state index in [-0.39, 0.29) is 18.9 Å². The van der Waals surface area contributed by atoms with Crippen LogP contribution in [0.25, 0.3) is 0 Å². The number of amides is 2. The van der Waals surface area contributed by atoms with Gasteiger partial charge >= 0.3 is 6.03 Å². The number of nitrogens with one attached hydrogen (secondary N) is 2. The highest BCUT2D eigenvalue weighted by molar-refractivity contribution is 5.90. The van der Waals surface area contributed by atoms with Gasteiger partial charge in [-0.2, -0.15) is 0 Å². The lowest BCUT2D eigenvalue weighted by Crippen LogP contribution is -2.38. The molecule has 3 heterocycles. The van der Waals surface area contributed by atoms with E-state index < -0.39 is 0 Å². The van der Waals surface area contributed by atoms with E-state index in [0.717, 1.165) is 18.4 Å². The molecule has 0 saturated carbocycles. The Hall–Kier alpha value is -2.80. The van der Waals surface area contributed by atoms with Crippen LogP contribution in [0.3, 0.4) is 0 Å². The number of anilines is 1. The first-order valence-electron chi connectivity index (χ1n) is 8.74. The molecule has 0 aliphatic carbocycles. The first-order valence-corrected chi connectivity index (χ1v) is 8.74. The highest BCUT2D eigenvalue weighted by atomic mass is 16.7. The normalized spacial score (nSPS) is 17.5. The molecule has 1 aromatic heterocycles. The SMILES string of the molecule is O=C(Nc1ccc2c(c1)OCO2)NC(c1cccnc1)C1CCOCC1. The van der Waals surface area contributed by atoms with Gasteiger partial charge in [0.15, 0.2) is 11.5 Å². The fourth-order valence-corrected chi connectivity index (χ4v) is 3.37. The number of nitrogens with zero attached hydrogens (tertiary/aromatic N) is 1. The summed E-state index contributed by atoms with van der Waals surface area (Å²) in [5, 5.41) is 5.98. The van der Waals surface area contributed by atoms with Gasteiger partial charge in [0.05, 0.1) is 6.04 Å². The third-order valence-electron chi connectivity index (χ3n) is 4.70. The highest BCUT2D eigenvalue weighted by Gasteiger charge is 2.27. The number of carbonyl (C=O) groups excluding carboxylic acids is 1. The number of fused-ring (bicyclic) bond motifs is 1. The Morgan fingerprint density at radius 1 is 1.15 bits per heavy atom. The molecule has 0 radical (unpaired) electrons. The third kappa shape index (κ3) is 3.72. The molecule has 136 valence electrons. The second kappa shape index (κ2) is 7.61. The van der Waals surface area contributed by atoms with Gasteiger partial charge in [0.25, 0.3) is 0 Å². The average molecular weight is 355 g/mol. The van der Waals surface area contributed by atoms with Crippen molar-refractivity contribution in [3.8, 4) is 11.5 Å². The molecule has 0 bridgehead atoms. The second-order valence-electron chi connectivity index (χ2n) is 6.38. The first-order chi connectivity index (χ1) is 12.8. The van der Waals surface area contributed by atoms with Crippen molar-refractivity contribution in [3.63, 3.8) is 0 Å². The van der Waals surface area contributed by atoms with E-state index in [0.29, 0.717) is 36.3 Å². The van der Waals surface area contributed by atoms with Crippen LogP contribution in [0.5, 0.6) is 11.5 Å². The summed E-state index contributed by atoms with van der Waals surface area (Å²) >= 11 is 0. The zero-order valence-corrected chi connectivity index (χ0v) is 14.3. The van der Waals surface area contributed by atoms with Gasteiger partial charge in [0, 0.05) is 37.4 Å². The summed E-state index contributed by atoms with van der Waals surface area (Å²) in [4.78, 5) is 16.8. The minimum Gasteiger partial charge on any atom is -0.454 e. The van der Waals surface area contributed by atoms with E-state index in [4.69, 9.17) is 14.2 Å². The smallest absolute Gasteiger partial charge is 0.319 e. The number of urea groups is 1. The maximum absolute atomic E-state index is 12.6. The van der Waals surface area contributed by atoms with Crippen molar-refractivity contribution >= 4 is 11.7 Å². The Labute approximate surface area is 151 Å². The van der Waals surface area contributed by atoms with E-state index in [1.165, 1.54) is 0 Å². The van der Waals surface area contributed by atoms with Crippen molar-refractivity contribution in [2.45, 2.75) is 18.9 Å². The summed E-state index contributed by atoms with van der Waals surface area (Å²) in [5.74, 6) is 1.64. The van der Waals surface area contributed by atoms with Crippen molar-refractivity contribution in [2.24, 2.45) is 5.92 Å². The lowest BCUT2D eigenvalue weighted by atomic mass is 9.88. The summed E-state index contributed by atoms with van der Waals surface area (Å²) in [5.41, 5.74) is 1.66. The number of pyridine rings is 1. The Kier molecular flexibility index (Phi) is 4.88. The van der Waals surface area contributed by atoms with Crippen molar-refractivity contribution in [1.82, 2.24) is 10.3 Å². The molecule has 2 aliphatic rings. The van der Waals surface area contributed by atoms with Gasteiger partial charge < -0.3 is 24.8 Å². The molecule has 2 aliphatic heterocycles. The molecule has 4 rings (SSSR count). The number of rotatable bonds is 4. The van der Waals surface area contributed by atoms with Gasteiger partial charge in [0.2, 0.25) is 6.79 Å². The van der Waals surface area contributed by atoms with Crippen molar-refractivity contribution in [2.75, 3.05) is 25.3 Å². The molecule has 2 aromatic rings. The summed E-state index contributed by atoms with van der Waals surface area (Å²) in [7, 11) is 0. The van der Waals surface area contributed by atoms with Gasteiger partial charge in [0.1, 0.15) is 0 Å². The molecular weight excluding hydrogens is 334 g/mol. The standard InChI is InChI=1S/C19H21N3O4/c23-19(21-15-3-4-16-17(10-15)26-12-25-16)22-18(13-5-8-24-9-6-13)14-2-1-7-20-11-14/h1-4,7,10-11,13,18H,5-6,8-9,12H2,(H2,21,22,23). The Balaban J connectivity index is 1.47. The molecule has 2 N–H and O–H groups in total. The van der Waals surface area contributed by atoms with Gasteiger partial charge in [-0.3, -0.25) is 4.98 Å². The van der Waals surface area contributed by atoms with Gasteiger partial charge in [-0.25, -0.2) is 4.79 Å². The Morgan fingerprint density at radius 2 is 2.00 bits per heavy atom. The number of hydrogen-bond acceptors (Lipinski definition) is 5. The highest BCUT2D eigenvalue weighted by Crippen LogP contribution is 2.34. The molecule has 1 atom stereocenters. The molecule has 1 saturated heterocycles. The summed E-state index contributed by atoms with van der Waals surface area (Å²) in [6.45, 7) is 1.64. The zero-order chi connectivity index (χ0) is 17.8. The molecule has 26 heavy (non-hydrogen) atoms. The second-order valence-corrected chi connectivity index (χ2v) is 6.38. The van der Waals surface area contributed by atoms with Crippen LogP contribution in [-0.4, -0.2) is 31.0 Å². The Bertz CT molecular complexity index is 763. The maximum atomic E-state index is 12.6. The van der Waals surface area contributed by atoms with Crippen LogP contribution in [0.15, 0.2) is 42.7 Å². The van der Waals surface area contributed by atoms with Crippen molar-refractivity contribution in [3.05, 3.63) is 48.3 Å². The predicted octanol–water partition coefficient (Wildman–Crippen LogP) is 3.10. The topological polar surface area (TPSA) is 81.7 Å². The van der Waals surface area contributed by atoms with Crippen molar-refractivity contribution in [1.29, 1.82) is 0 Å². The molecule has 1 aromatic carbocycles. The lowest BCUT2D eigenvalue weighted by Gasteiger charge is -2.31. The largest absolute Gasteiger partial charge is 0.454 e. The maximum Gasteiger partial charge on any atom is 0.319 e. The third-order valence-corrected chi connectivity index (χ3v) is 4.70. The molecule has 1 fully saturated rings. The minimum absolute atomic E-state index is 0.110. The molecule has 1 unspecified atom stereocenters. The predicted molar refractivity (Wildman–Crippen MR) is 95.2 cm³/mol. The van der Waals surface area contributed by atoms with Crippen LogP contribution >= 0.6 is 0 Å². The zero-order valence-electron chi connectivity index (χ0n) is 14.3.